The zero-order chi connectivity index (χ0) is 25.1. The van der Waals surface area contributed by atoms with Crippen LogP contribution in [0.15, 0.2) is 12.2 Å². The van der Waals surface area contributed by atoms with Crippen molar-refractivity contribution in [3.8, 4) is 0 Å². The minimum atomic E-state index is -1.86. The van der Waals surface area contributed by atoms with Crippen LogP contribution in [0.4, 0.5) is 0 Å². The highest BCUT2D eigenvalue weighted by atomic mass is 28.4. The summed E-state index contributed by atoms with van der Waals surface area (Å²) in [7, 11) is -2.20. The molecular weight excluding hydrogens is 464 g/mol. The summed E-state index contributed by atoms with van der Waals surface area (Å²) < 4.78 is 25.4. The Balaban J connectivity index is 1.64. The summed E-state index contributed by atoms with van der Waals surface area (Å²) in [6.45, 7) is 19.8. The summed E-state index contributed by atoms with van der Waals surface area (Å²) in [5.41, 5.74) is -1.04. The molecule has 5 aliphatic rings. The van der Waals surface area contributed by atoms with Crippen molar-refractivity contribution in [3.63, 3.8) is 0 Å². The zero-order valence-electron chi connectivity index (χ0n) is 22.2. The standard InChI is InChI=1S/C26H42O6Si2/c1-16-12-24-15-25(16,32-34(7,8)9)11-10-18(24)26-14-17(31-33(4,5)6)13-23(2,22(28)30-26)20(26)19(24)21(27)29-3/h17-20H,1,10-15H2,2-9H3/t17-,18-,19-,20-,23?,24+,25+,26-/m1/s1. The topological polar surface area (TPSA) is 71.1 Å². The Bertz CT molecular complexity index is 952. The molecule has 6 nitrogen and oxygen atoms in total. The molecule has 34 heavy (non-hydrogen) atoms. The maximum Gasteiger partial charge on any atom is 0.312 e. The molecule has 8 heteroatoms. The van der Waals surface area contributed by atoms with E-state index in [1.54, 1.807) is 0 Å². The van der Waals surface area contributed by atoms with Crippen molar-refractivity contribution in [2.45, 2.75) is 102 Å². The van der Waals surface area contributed by atoms with Crippen LogP contribution in [0.2, 0.25) is 39.3 Å². The SMILES string of the molecule is C=C1C[C@]23C[C@@]1(O[Si](C)(C)C)CC[C@H]2[C@@]12C[C@H](O[Si](C)(C)C)CC(C)(C(=O)O1)[C@H]2[C@@H]3C(=O)OC. The maximum atomic E-state index is 13.6. The fraction of sp³-hybridized carbons (Fsp3) is 0.846. The van der Waals surface area contributed by atoms with Gasteiger partial charge in [-0.25, -0.2) is 0 Å². The Morgan fingerprint density at radius 1 is 1.12 bits per heavy atom. The van der Waals surface area contributed by atoms with Gasteiger partial charge in [0, 0.05) is 24.4 Å². The number of esters is 2. The summed E-state index contributed by atoms with van der Waals surface area (Å²) in [5, 5.41) is 0. The lowest BCUT2D eigenvalue weighted by Crippen LogP contribution is -2.54. The van der Waals surface area contributed by atoms with E-state index in [-0.39, 0.29) is 40.9 Å². The average Bonchev–Trinajstić information content (AvgIpc) is 3.07. The molecule has 0 N–H and O–H groups in total. The highest BCUT2D eigenvalue weighted by Gasteiger charge is 2.84. The first kappa shape index (κ1) is 24.7. The third-order valence-corrected chi connectivity index (χ3v) is 11.6. The first-order valence-corrected chi connectivity index (χ1v) is 19.7. The van der Waals surface area contributed by atoms with Gasteiger partial charge in [0.1, 0.15) is 5.60 Å². The average molecular weight is 507 g/mol. The molecule has 8 atom stereocenters. The second-order valence-corrected chi connectivity index (χ2v) is 22.9. The fourth-order valence-electron chi connectivity index (χ4n) is 9.16. The first-order chi connectivity index (χ1) is 15.5. The lowest BCUT2D eigenvalue weighted by molar-refractivity contribution is -0.163. The number of fused-ring (bicyclic) bond motifs is 1. The van der Waals surface area contributed by atoms with E-state index in [2.05, 4.69) is 45.9 Å². The molecule has 4 aliphatic carbocycles. The van der Waals surface area contributed by atoms with Gasteiger partial charge in [-0.1, -0.05) is 6.58 Å². The highest BCUT2D eigenvalue weighted by Crippen LogP contribution is 2.79. The molecule has 0 radical (unpaired) electrons. The first-order valence-electron chi connectivity index (χ1n) is 12.9. The Kier molecular flexibility index (Phi) is 5.14. The number of carbonyl (C=O) groups is 2. The van der Waals surface area contributed by atoms with Gasteiger partial charge in [0.05, 0.1) is 24.0 Å². The van der Waals surface area contributed by atoms with E-state index >= 15 is 0 Å². The second kappa shape index (κ2) is 7.08. The van der Waals surface area contributed by atoms with Crippen LogP contribution in [0.5, 0.6) is 0 Å². The quantitative estimate of drug-likeness (QED) is 0.295. The Hall–Kier alpha value is -0.966. The molecule has 0 aromatic heterocycles. The molecule has 0 amide bonds. The number of hydrogen-bond acceptors (Lipinski definition) is 6. The molecule has 4 saturated carbocycles. The van der Waals surface area contributed by atoms with Crippen molar-refractivity contribution in [2.24, 2.45) is 28.6 Å². The van der Waals surface area contributed by atoms with Gasteiger partial charge >= 0.3 is 11.9 Å². The second-order valence-electron chi connectivity index (χ2n) is 14.0. The number of hydrogen-bond donors (Lipinski definition) is 0. The van der Waals surface area contributed by atoms with E-state index in [1.807, 2.05) is 6.92 Å². The van der Waals surface area contributed by atoms with Gasteiger partial charge in [0.15, 0.2) is 16.6 Å². The van der Waals surface area contributed by atoms with Crippen molar-refractivity contribution >= 4 is 28.6 Å². The van der Waals surface area contributed by atoms with Crippen LogP contribution < -0.4 is 0 Å². The van der Waals surface area contributed by atoms with Crippen LogP contribution in [0, 0.1) is 28.6 Å². The van der Waals surface area contributed by atoms with Crippen molar-refractivity contribution in [3.05, 3.63) is 12.2 Å². The number of carbonyl (C=O) groups excluding carboxylic acids is 2. The minimum Gasteiger partial charge on any atom is -0.469 e. The minimum absolute atomic E-state index is 0.0256. The lowest BCUT2D eigenvalue weighted by atomic mass is 9.59. The normalized spacial score (nSPS) is 47.3. The van der Waals surface area contributed by atoms with Crippen LogP contribution >= 0.6 is 0 Å². The Morgan fingerprint density at radius 3 is 2.38 bits per heavy atom. The summed E-state index contributed by atoms with van der Waals surface area (Å²) in [6, 6.07) is 0. The zero-order valence-corrected chi connectivity index (χ0v) is 24.2. The van der Waals surface area contributed by atoms with Gasteiger partial charge in [0.25, 0.3) is 0 Å². The van der Waals surface area contributed by atoms with Gasteiger partial charge in [0.2, 0.25) is 0 Å². The van der Waals surface area contributed by atoms with E-state index in [1.165, 1.54) is 7.11 Å². The number of methoxy groups -OCH3 is 1. The third-order valence-electron chi connectivity index (χ3n) is 9.51. The summed E-state index contributed by atoms with van der Waals surface area (Å²) in [6.07, 6.45) is 4.53. The van der Waals surface area contributed by atoms with E-state index in [4.69, 9.17) is 18.3 Å². The van der Waals surface area contributed by atoms with Gasteiger partial charge in [-0.05, 0) is 89.3 Å². The molecule has 1 saturated heterocycles. The number of rotatable bonds is 5. The van der Waals surface area contributed by atoms with Crippen molar-refractivity contribution < 1.29 is 27.9 Å². The lowest BCUT2D eigenvalue weighted by Gasteiger charge is -2.49. The van der Waals surface area contributed by atoms with E-state index in [0.29, 0.717) is 12.8 Å². The number of ether oxygens (including phenoxy) is 2. The highest BCUT2D eigenvalue weighted by molar-refractivity contribution is 6.70. The van der Waals surface area contributed by atoms with Crippen LogP contribution in [-0.2, 0) is 27.9 Å². The summed E-state index contributed by atoms with van der Waals surface area (Å²) >= 11 is 0. The smallest absolute Gasteiger partial charge is 0.312 e. The van der Waals surface area contributed by atoms with Crippen molar-refractivity contribution in [1.29, 1.82) is 0 Å². The molecule has 4 bridgehead atoms. The summed E-state index contributed by atoms with van der Waals surface area (Å²) in [4.78, 5) is 27.1. The molecule has 5 fully saturated rings. The molecule has 1 heterocycles. The van der Waals surface area contributed by atoms with Gasteiger partial charge in [-0.3, -0.25) is 9.59 Å². The van der Waals surface area contributed by atoms with E-state index in [0.717, 1.165) is 31.3 Å². The Morgan fingerprint density at radius 2 is 1.79 bits per heavy atom. The van der Waals surface area contributed by atoms with Crippen LogP contribution in [-0.4, -0.2) is 53.0 Å². The predicted octanol–water partition coefficient (Wildman–Crippen LogP) is 5.06. The summed E-state index contributed by atoms with van der Waals surface area (Å²) in [5.74, 6) is -0.860. The molecule has 1 spiro atoms. The van der Waals surface area contributed by atoms with Gasteiger partial charge in [-0.15, -0.1) is 0 Å². The molecule has 1 aliphatic heterocycles. The fourth-order valence-corrected chi connectivity index (χ4v) is 11.8. The molecule has 0 aromatic rings. The molecule has 190 valence electrons. The van der Waals surface area contributed by atoms with E-state index < -0.39 is 33.6 Å². The molecule has 1 unspecified atom stereocenters. The van der Waals surface area contributed by atoms with Crippen molar-refractivity contribution in [1.82, 2.24) is 0 Å². The van der Waals surface area contributed by atoms with Gasteiger partial charge < -0.3 is 18.3 Å². The van der Waals surface area contributed by atoms with Gasteiger partial charge in [-0.2, -0.15) is 0 Å². The van der Waals surface area contributed by atoms with Crippen LogP contribution in [0.1, 0.15) is 45.4 Å². The van der Waals surface area contributed by atoms with E-state index in [9.17, 15) is 9.59 Å². The largest absolute Gasteiger partial charge is 0.469 e. The molecular formula is C26H42O6Si2. The van der Waals surface area contributed by atoms with Crippen molar-refractivity contribution in [2.75, 3.05) is 7.11 Å². The molecule has 5 rings (SSSR count). The van der Waals surface area contributed by atoms with Crippen LogP contribution in [0.3, 0.4) is 0 Å². The molecule has 0 aromatic carbocycles. The monoisotopic (exact) mass is 506 g/mol. The third kappa shape index (κ3) is 3.17. The predicted molar refractivity (Wildman–Crippen MR) is 134 cm³/mol. The van der Waals surface area contributed by atoms with Crippen LogP contribution in [0.25, 0.3) is 0 Å². The Labute approximate surface area is 206 Å². The maximum absolute atomic E-state index is 13.6.